The third kappa shape index (κ3) is 3.20. The fourth-order valence-corrected chi connectivity index (χ4v) is 0.786. The van der Waals surface area contributed by atoms with Gasteiger partial charge in [-0.3, -0.25) is 0 Å². The third-order valence-electron chi connectivity index (χ3n) is 1.27. The Labute approximate surface area is 80.1 Å². The molecule has 0 spiro atoms. The normalized spacial score (nSPS) is 10.4. The van der Waals surface area contributed by atoms with E-state index in [9.17, 15) is 13.2 Å². The molecule has 6 heteroatoms. The van der Waals surface area contributed by atoms with E-state index >= 15 is 0 Å². The molecule has 14 heavy (non-hydrogen) atoms. The lowest BCUT2D eigenvalue weighted by molar-refractivity contribution is -0.142. The average molecular weight is 207 g/mol. The third-order valence-corrected chi connectivity index (χ3v) is 1.27. The van der Waals surface area contributed by atoms with Crippen LogP contribution < -0.4 is 5.73 Å². The van der Waals surface area contributed by atoms with Gasteiger partial charge in [0, 0.05) is 0 Å². The number of hydrogen-bond acceptors (Lipinski definition) is 3. The Balaban J connectivity index is 0.000000791. The summed E-state index contributed by atoms with van der Waals surface area (Å²) >= 11 is 0. The van der Waals surface area contributed by atoms with Crippen LogP contribution in [0.1, 0.15) is 25.1 Å². The number of aromatic nitrogens is 2. The minimum atomic E-state index is -4.45. The Morgan fingerprint density at radius 3 is 2.07 bits per heavy atom. The molecule has 1 heterocycles. The molecule has 0 atom stereocenters. The largest absolute Gasteiger partial charge is 0.435 e. The molecule has 0 radical (unpaired) electrons. The van der Waals surface area contributed by atoms with E-state index < -0.39 is 11.9 Å². The molecular formula is C8H12F3N3. The van der Waals surface area contributed by atoms with Crippen LogP contribution in [0.25, 0.3) is 0 Å². The van der Waals surface area contributed by atoms with Gasteiger partial charge >= 0.3 is 6.18 Å². The van der Waals surface area contributed by atoms with Crippen molar-refractivity contribution in [3.05, 3.63) is 17.3 Å². The summed E-state index contributed by atoms with van der Waals surface area (Å²) in [5.41, 5.74) is 4.12. The van der Waals surface area contributed by atoms with Gasteiger partial charge in [0.2, 0.25) is 0 Å². The minimum Gasteiger partial charge on any atom is -0.382 e. The quantitative estimate of drug-likeness (QED) is 0.710. The van der Waals surface area contributed by atoms with Crippen LogP contribution in [-0.2, 0) is 6.18 Å². The highest BCUT2D eigenvalue weighted by molar-refractivity contribution is 5.33. The zero-order valence-electron chi connectivity index (χ0n) is 8.18. The molecule has 0 aliphatic carbocycles. The van der Waals surface area contributed by atoms with Crippen LogP contribution >= 0.6 is 0 Å². The molecule has 1 aromatic heterocycles. The number of aryl methyl sites for hydroxylation is 1. The standard InChI is InChI=1S/C6H6F3N3.C2H6/c1-3-2-4(10)11-12-5(3)6(7,8)9;1-2/h2H,1H3,(H2,10,11);1-2H3. The fourth-order valence-electron chi connectivity index (χ4n) is 0.786. The Kier molecular flexibility index (Phi) is 4.33. The van der Waals surface area contributed by atoms with Crippen LogP contribution in [0, 0.1) is 6.92 Å². The average Bonchev–Trinajstić information content (AvgIpc) is 2.05. The van der Waals surface area contributed by atoms with Crippen molar-refractivity contribution in [2.75, 3.05) is 5.73 Å². The Morgan fingerprint density at radius 2 is 1.71 bits per heavy atom. The molecule has 0 aliphatic rings. The van der Waals surface area contributed by atoms with Gasteiger partial charge in [-0.15, -0.1) is 10.2 Å². The molecule has 0 aromatic carbocycles. The first-order valence-corrected chi connectivity index (χ1v) is 4.08. The summed E-state index contributed by atoms with van der Waals surface area (Å²) in [6.45, 7) is 5.29. The van der Waals surface area contributed by atoms with Crippen molar-refractivity contribution in [2.45, 2.75) is 26.9 Å². The van der Waals surface area contributed by atoms with Crippen molar-refractivity contribution in [1.29, 1.82) is 0 Å². The highest BCUT2D eigenvalue weighted by Crippen LogP contribution is 2.29. The van der Waals surface area contributed by atoms with E-state index in [4.69, 9.17) is 5.73 Å². The van der Waals surface area contributed by atoms with Crippen LogP contribution in [0.5, 0.6) is 0 Å². The number of halogens is 3. The first kappa shape index (κ1) is 12.7. The molecule has 3 nitrogen and oxygen atoms in total. The maximum atomic E-state index is 12.0. The fraction of sp³-hybridized carbons (Fsp3) is 0.500. The number of hydrogen-bond donors (Lipinski definition) is 1. The zero-order chi connectivity index (χ0) is 11.4. The molecule has 0 unspecified atom stereocenters. The number of alkyl halides is 3. The Morgan fingerprint density at radius 1 is 1.21 bits per heavy atom. The first-order chi connectivity index (χ1) is 6.41. The van der Waals surface area contributed by atoms with E-state index in [0.717, 1.165) is 6.07 Å². The maximum absolute atomic E-state index is 12.0. The second kappa shape index (κ2) is 4.78. The molecule has 0 amide bonds. The first-order valence-electron chi connectivity index (χ1n) is 4.08. The predicted octanol–water partition coefficient (Wildman–Crippen LogP) is 2.41. The van der Waals surface area contributed by atoms with Crippen molar-refractivity contribution in [3.8, 4) is 0 Å². The lowest BCUT2D eigenvalue weighted by Crippen LogP contribution is -2.12. The number of rotatable bonds is 0. The second-order valence-corrected chi connectivity index (χ2v) is 2.30. The summed E-state index contributed by atoms with van der Waals surface area (Å²) in [5, 5.41) is 6.06. The number of nitrogens with two attached hydrogens (primary N) is 1. The maximum Gasteiger partial charge on any atom is 0.435 e. The highest BCUT2D eigenvalue weighted by atomic mass is 19.4. The Hall–Kier alpha value is -1.33. The Bertz CT molecular complexity index is 296. The molecule has 1 rings (SSSR count). The van der Waals surface area contributed by atoms with Crippen LogP contribution in [0.2, 0.25) is 0 Å². The SMILES string of the molecule is CC.Cc1cc(N)nnc1C(F)(F)F. The predicted molar refractivity (Wildman–Crippen MR) is 47.5 cm³/mol. The van der Waals surface area contributed by atoms with E-state index in [0.29, 0.717) is 0 Å². The summed E-state index contributed by atoms with van der Waals surface area (Å²) in [6.07, 6.45) is -4.45. The van der Waals surface area contributed by atoms with Gasteiger partial charge in [-0.25, -0.2) is 0 Å². The molecule has 80 valence electrons. The molecular weight excluding hydrogens is 195 g/mol. The summed E-state index contributed by atoms with van der Waals surface area (Å²) in [4.78, 5) is 0. The summed E-state index contributed by atoms with van der Waals surface area (Å²) in [6, 6.07) is 1.13. The van der Waals surface area contributed by atoms with Gasteiger partial charge in [-0.2, -0.15) is 13.2 Å². The van der Waals surface area contributed by atoms with E-state index in [1.54, 1.807) is 0 Å². The zero-order valence-corrected chi connectivity index (χ0v) is 8.18. The van der Waals surface area contributed by atoms with Gasteiger partial charge in [0.05, 0.1) is 0 Å². The molecule has 0 saturated heterocycles. The molecule has 2 N–H and O–H groups in total. The van der Waals surface area contributed by atoms with Gasteiger partial charge in [0.15, 0.2) is 5.69 Å². The lowest BCUT2D eigenvalue weighted by Gasteiger charge is -2.07. The molecule has 0 saturated carbocycles. The van der Waals surface area contributed by atoms with E-state index in [1.165, 1.54) is 6.92 Å². The van der Waals surface area contributed by atoms with Crippen LogP contribution in [0.15, 0.2) is 6.07 Å². The smallest absolute Gasteiger partial charge is 0.382 e. The summed E-state index contributed by atoms with van der Waals surface area (Å²) in [7, 11) is 0. The molecule has 1 aromatic rings. The van der Waals surface area contributed by atoms with Gasteiger partial charge in [-0.05, 0) is 18.6 Å². The van der Waals surface area contributed by atoms with Gasteiger partial charge in [0.25, 0.3) is 0 Å². The van der Waals surface area contributed by atoms with Crippen molar-refractivity contribution < 1.29 is 13.2 Å². The van der Waals surface area contributed by atoms with Crippen LogP contribution in [0.4, 0.5) is 19.0 Å². The van der Waals surface area contributed by atoms with Crippen molar-refractivity contribution in [1.82, 2.24) is 10.2 Å². The minimum absolute atomic E-state index is 0.0134. The number of nitrogens with zero attached hydrogens (tertiary/aromatic N) is 2. The second-order valence-electron chi connectivity index (χ2n) is 2.30. The van der Waals surface area contributed by atoms with Crippen molar-refractivity contribution in [3.63, 3.8) is 0 Å². The van der Waals surface area contributed by atoms with Crippen molar-refractivity contribution in [2.24, 2.45) is 0 Å². The molecule has 0 bridgehead atoms. The highest BCUT2D eigenvalue weighted by Gasteiger charge is 2.34. The lowest BCUT2D eigenvalue weighted by atomic mass is 10.2. The summed E-state index contributed by atoms with van der Waals surface area (Å²) < 4.78 is 36.1. The van der Waals surface area contributed by atoms with E-state index in [2.05, 4.69) is 10.2 Å². The van der Waals surface area contributed by atoms with Crippen LogP contribution in [-0.4, -0.2) is 10.2 Å². The van der Waals surface area contributed by atoms with Gasteiger partial charge in [-0.1, -0.05) is 13.8 Å². The van der Waals surface area contributed by atoms with E-state index in [1.807, 2.05) is 13.8 Å². The number of nitrogen functional groups attached to an aromatic ring is 1. The molecule has 0 aliphatic heterocycles. The number of anilines is 1. The van der Waals surface area contributed by atoms with Crippen LogP contribution in [0.3, 0.4) is 0 Å². The summed E-state index contributed by atoms with van der Waals surface area (Å²) in [5.74, 6) is -0.0134. The molecule has 0 fully saturated rings. The van der Waals surface area contributed by atoms with Crippen molar-refractivity contribution >= 4 is 5.82 Å². The van der Waals surface area contributed by atoms with E-state index in [-0.39, 0.29) is 11.4 Å². The van der Waals surface area contributed by atoms with Gasteiger partial charge in [0.1, 0.15) is 5.82 Å². The van der Waals surface area contributed by atoms with Gasteiger partial charge < -0.3 is 5.73 Å². The monoisotopic (exact) mass is 207 g/mol. The topological polar surface area (TPSA) is 51.8 Å².